The first-order chi connectivity index (χ1) is 15.5. The highest BCUT2D eigenvalue weighted by Gasteiger charge is 2.37. The quantitative estimate of drug-likeness (QED) is 0.542. The molecule has 3 rings (SSSR count). The second-order valence-electron chi connectivity index (χ2n) is 7.56. The molecule has 0 saturated carbocycles. The Labute approximate surface area is 187 Å². The van der Waals surface area contributed by atoms with Crippen LogP contribution in [0.15, 0.2) is 30.3 Å². The van der Waals surface area contributed by atoms with E-state index < -0.39 is 23.5 Å². The summed E-state index contributed by atoms with van der Waals surface area (Å²) in [5, 5.41) is 0. The zero-order valence-electron chi connectivity index (χ0n) is 18.3. The summed E-state index contributed by atoms with van der Waals surface area (Å²) in [5.74, 6) is 1.45. The fourth-order valence-corrected chi connectivity index (χ4v) is 3.77. The number of ether oxygens (including phenoxy) is 3. The van der Waals surface area contributed by atoms with Gasteiger partial charge in [0, 0.05) is 38.4 Å². The van der Waals surface area contributed by atoms with Gasteiger partial charge in [-0.05, 0) is 35.9 Å². The van der Waals surface area contributed by atoms with Crippen LogP contribution in [0.2, 0.25) is 0 Å². The third-order valence-electron chi connectivity index (χ3n) is 5.44. The van der Waals surface area contributed by atoms with Crippen molar-refractivity contribution in [3.8, 4) is 17.2 Å². The number of nitrogens with zero attached hydrogens (tertiary/aromatic N) is 2. The van der Waals surface area contributed by atoms with Crippen LogP contribution in [0.5, 0.6) is 17.2 Å². The van der Waals surface area contributed by atoms with Gasteiger partial charge in [-0.3, -0.25) is 4.90 Å². The molecular weight excluding hydrogens is 454 g/mol. The molecule has 0 aromatic heterocycles. The summed E-state index contributed by atoms with van der Waals surface area (Å²) in [6.07, 6.45) is -9.74. The Morgan fingerprint density at radius 1 is 0.697 bits per heavy atom. The van der Waals surface area contributed by atoms with Crippen LogP contribution < -0.4 is 19.1 Å². The topological polar surface area (TPSA) is 34.2 Å². The third kappa shape index (κ3) is 5.76. The van der Waals surface area contributed by atoms with Crippen molar-refractivity contribution in [2.75, 3.05) is 52.4 Å². The molecule has 2 aromatic carbocycles. The molecule has 1 fully saturated rings. The number of anilines is 1. The van der Waals surface area contributed by atoms with Crippen LogP contribution in [0.25, 0.3) is 0 Å². The Morgan fingerprint density at radius 3 is 1.58 bits per heavy atom. The molecule has 0 amide bonds. The minimum Gasteiger partial charge on any atom is -0.493 e. The van der Waals surface area contributed by atoms with E-state index in [0.29, 0.717) is 36.9 Å². The van der Waals surface area contributed by atoms with Crippen molar-refractivity contribution >= 4 is 5.69 Å². The second kappa shape index (κ2) is 9.58. The van der Waals surface area contributed by atoms with Gasteiger partial charge < -0.3 is 19.1 Å². The van der Waals surface area contributed by atoms with Gasteiger partial charge in [-0.2, -0.15) is 26.3 Å². The minimum absolute atomic E-state index is 0.0930. The number of halogens is 6. The van der Waals surface area contributed by atoms with Gasteiger partial charge in [0.25, 0.3) is 0 Å². The Morgan fingerprint density at radius 2 is 1.18 bits per heavy atom. The van der Waals surface area contributed by atoms with Crippen LogP contribution in [-0.4, -0.2) is 52.4 Å². The molecule has 0 N–H and O–H groups in total. The number of benzene rings is 2. The van der Waals surface area contributed by atoms with Crippen LogP contribution in [0.3, 0.4) is 0 Å². The lowest BCUT2D eigenvalue weighted by molar-refractivity contribution is -0.143. The highest BCUT2D eigenvalue weighted by molar-refractivity contribution is 5.54. The zero-order valence-corrected chi connectivity index (χ0v) is 18.3. The predicted molar refractivity (Wildman–Crippen MR) is 110 cm³/mol. The number of rotatable bonds is 6. The fourth-order valence-electron chi connectivity index (χ4n) is 3.77. The molecular formula is C22H24F6N2O3. The molecule has 5 nitrogen and oxygen atoms in total. The SMILES string of the molecule is COc1cc(CN2CCN(c3cc(C(F)(F)F)cc(C(F)(F)F)c3)CC2)cc(OC)c1OC. The largest absolute Gasteiger partial charge is 0.493 e. The summed E-state index contributed by atoms with van der Waals surface area (Å²) in [6, 6.07) is 5.28. The van der Waals surface area contributed by atoms with Gasteiger partial charge in [-0.25, -0.2) is 0 Å². The van der Waals surface area contributed by atoms with Crippen molar-refractivity contribution in [3.05, 3.63) is 47.0 Å². The van der Waals surface area contributed by atoms with Crippen molar-refractivity contribution in [3.63, 3.8) is 0 Å². The Kier molecular flexibility index (Phi) is 7.20. The van der Waals surface area contributed by atoms with Gasteiger partial charge >= 0.3 is 12.4 Å². The van der Waals surface area contributed by atoms with Gasteiger partial charge in [0.1, 0.15) is 0 Å². The lowest BCUT2D eigenvalue weighted by atomic mass is 10.1. The van der Waals surface area contributed by atoms with Crippen molar-refractivity contribution in [1.29, 1.82) is 0 Å². The molecule has 1 saturated heterocycles. The molecule has 1 heterocycles. The molecule has 1 aliphatic rings. The summed E-state index contributed by atoms with van der Waals surface area (Å²) >= 11 is 0. The second-order valence-corrected chi connectivity index (χ2v) is 7.56. The van der Waals surface area contributed by atoms with E-state index in [9.17, 15) is 26.3 Å². The van der Waals surface area contributed by atoms with Gasteiger partial charge in [0.05, 0.1) is 32.5 Å². The van der Waals surface area contributed by atoms with Gasteiger partial charge in [0.2, 0.25) is 5.75 Å². The van der Waals surface area contributed by atoms with Gasteiger partial charge in [-0.15, -0.1) is 0 Å². The summed E-state index contributed by atoms with van der Waals surface area (Å²) < 4.78 is 95.0. The normalized spacial score (nSPS) is 15.5. The zero-order chi connectivity index (χ0) is 24.4. The molecule has 0 atom stereocenters. The standard InChI is InChI=1S/C22H24F6N2O3/c1-31-18-8-14(9-19(32-2)20(18)33-3)13-29-4-6-30(7-5-29)17-11-15(21(23,24)25)10-16(12-17)22(26,27)28/h8-12H,4-7,13H2,1-3H3. The van der Waals surface area contributed by atoms with Crippen molar-refractivity contribution in [2.24, 2.45) is 0 Å². The van der Waals surface area contributed by atoms with E-state index >= 15 is 0 Å². The monoisotopic (exact) mass is 478 g/mol. The molecule has 0 aliphatic carbocycles. The maximum Gasteiger partial charge on any atom is 0.416 e. The smallest absolute Gasteiger partial charge is 0.416 e. The Hall–Kier alpha value is -2.82. The Bertz CT molecular complexity index is 912. The molecule has 11 heteroatoms. The third-order valence-corrected chi connectivity index (χ3v) is 5.44. The lowest BCUT2D eigenvalue weighted by Gasteiger charge is -2.36. The lowest BCUT2D eigenvalue weighted by Crippen LogP contribution is -2.46. The number of hydrogen-bond acceptors (Lipinski definition) is 5. The van der Waals surface area contributed by atoms with E-state index in [1.807, 2.05) is 0 Å². The molecule has 0 bridgehead atoms. The molecule has 0 spiro atoms. The average molecular weight is 478 g/mol. The number of hydrogen-bond donors (Lipinski definition) is 0. The Balaban J connectivity index is 1.75. The van der Waals surface area contributed by atoms with E-state index in [1.54, 1.807) is 12.1 Å². The molecule has 2 aromatic rings. The first-order valence-electron chi connectivity index (χ1n) is 10.0. The van der Waals surface area contributed by atoms with E-state index in [-0.39, 0.29) is 24.8 Å². The van der Waals surface area contributed by atoms with Crippen LogP contribution in [0, 0.1) is 0 Å². The van der Waals surface area contributed by atoms with Crippen LogP contribution in [0.4, 0.5) is 32.0 Å². The molecule has 0 unspecified atom stereocenters. The van der Waals surface area contributed by atoms with Crippen LogP contribution in [-0.2, 0) is 18.9 Å². The molecule has 1 aliphatic heterocycles. The highest BCUT2D eigenvalue weighted by atomic mass is 19.4. The maximum absolute atomic E-state index is 13.2. The van der Waals surface area contributed by atoms with E-state index in [0.717, 1.165) is 17.7 Å². The van der Waals surface area contributed by atoms with Crippen LogP contribution in [0.1, 0.15) is 16.7 Å². The summed E-state index contributed by atoms with van der Waals surface area (Å²) in [7, 11) is 4.51. The number of piperazine rings is 1. The maximum atomic E-state index is 13.2. The summed E-state index contributed by atoms with van der Waals surface area (Å²) in [4.78, 5) is 3.59. The molecule has 0 radical (unpaired) electrons. The number of methoxy groups -OCH3 is 3. The first-order valence-corrected chi connectivity index (χ1v) is 10.0. The van der Waals surface area contributed by atoms with Crippen molar-refractivity contribution < 1.29 is 40.6 Å². The highest BCUT2D eigenvalue weighted by Crippen LogP contribution is 2.40. The molecule has 182 valence electrons. The number of alkyl halides is 6. The van der Waals surface area contributed by atoms with E-state index in [1.165, 1.54) is 26.2 Å². The summed E-state index contributed by atoms with van der Waals surface area (Å²) in [5.41, 5.74) is -1.85. The molecule has 33 heavy (non-hydrogen) atoms. The van der Waals surface area contributed by atoms with E-state index in [4.69, 9.17) is 14.2 Å². The van der Waals surface area contributed by atoms with Crippen molar-refractivity contribution in [2.45, 2.75) is 18.9 Å². The van der Waals surface area contributed by atoms with Gasteiger partial charge in [-0.1, -0.05) is 0 Å². The predicted octanol–water partition coefficient (Wildman–Crippen LogP) is 5.07. The van der Waals surface area contributed by atoms with Crippen LogP contribution >= 0.6 is 0 Å². The summed E-state index contributed by atoms with van der Waals surface area (Å²) in [6.45, 7) is 1.97. The van der Waals surface area contributed by atoms with Gasteiger partial charge in [0.15, 0.2) is 11.5 Å². The first kappa shape index (κ1) is 24.8. The minimum atomic E-state index is -4.87. The van der Waals surface area contributed by atoms with Crippen molar-refractivity contribution in [1.82, 2.24) is 4.90 Å². The fraction of sp³-hybridized carbons (Fsp3) is 0.455. The van der Waals surface area contributed by atoms with E-state index in [2.05, 4.69) is 4.90 Å². The average Bonchev–Trinajstić information content (AvgIpc) is 2.77.